The van der Waals surface area contributed by atoms with Crippen molar-refractivity contribution in [2.24, 2.45) is 5.73 Å². The molecule has 0 spiro atoms. The first kappa shape index (κ1) is 23.9. The standard InChI is InChI=1S/C24H29FN2O4/c1-3-4-5-14-27(16-19-6-10-20(25)11-7-19)24(29)13-9-18-8-12-21(22(15-18)30-2)31-17-23(26)28/h6-13,15H,3-5,14,16-17H2,1-2H3,(H2,26,28). The van der Waals surface area contributed by atoms with Gasteiger partial charge in [-0.15, -0.1) is 0 Å². The monoisotopic (exact) mass is 428 g/mol. The van der Waals surface area contributed by atoms with Gasteiger partial charge in [-0.2, -0.15) is 0 Å². The fourth-order valence-corrected chi connectivity index (χ4v) is 2.96. The molecule has 0 heterocycles. The largest absolute Gasteiger partial charge is 0.493 e. The molecule has 0 aromatic heterocycles. The van der Waals surface area contributed by atoms with Crippen LogP contribution in [0.15, 0.2) is 48.5 Å². The summed E-state index contributed by atoms with van der Waals surface area (Å²) in [7, 11) is 1.49. The molecular weight excluding hydrogens is 399 g/mol. The first-order chi connectivity index (χ1) is 14.9. The van der Waals surface area contributed by atoms with Gasteiger partial charge in [0.2, 0.25) is 5.91 Å². The van der Waals surface area contributed by atoms with Crippen LogP contribution in [0.25, 0.3) is 6.08 Å². The summed E-state index contributed by atoms with van der Waals surface area (Å²) in [6.45, 7) is 2.89. The van der Waals surface area contributed by atoms with E-state index in [-0.39, 0.29) is 18.3 Å². The second-order valence-corrected chi connectivity index (χ2v) is 7.09. The van der Waals surface area contributed by atoms with E-state index in [0.29, 0.717) is 24.6 Å². The van der Waals surface area contributed by atoms with E-state index in [0.717, 1.165) is 30.4 Å². The van der Waals surface area contributed by atoms with Gasteiger partial charge >= 0.3 is 0 Å². The van der Waals surface area contributed by atoms with Gasteiger partial charge in [0.25, 0.3) is 5.91 Å². The first-order valence-electron chi connectivity index (χ1n) is 10.2. The number of amides is 2. The van der Waals surface area contributed by atoms with Crippen molar-refractivity contribution in [1.29, 1.82) is 0 Å². The minimum absolute atomic E-state index is 0.131. The van der Waals surface area contributed by atoms with Gasteiger partial charge in [-0.25, -0.2) is 4.39 Å². The Morgan fingerprint density at radius 1 is 1.10 bits per heavy atom. The molecule has 0 bridgehead atoms. The van der Waals surface area contributed by atoms with E-state index in [4.69, 9.17) is 15.2 Å². The highest BCUT2D eigenvalue weighted by atomic mass is 19.1. The highest BCUT2D eigenvalue weighted by Crippen LogP contribution is 2.28. The summed E-state index contributed by atoms with van der Waals surface area (Å²) < 4.78 is 23.8. The van der Waals surface area contributed by atoms with Crippen molar-refractivity contribution < 1.29 is 23.5 Å². The number of benzene rings is 2. The van der Waals surface area contributed by atoms with Crippen LogP contribution in [0.3, 0.4) is 0 Å². The van der Waals surface area contributed by atoms with Crippen molar-refractivity contribution in [2.75, 3.05) is 20.3 Å². The zero-order valence-corrected chi connectivity index (χ0v) is 18.0. The molecule has 2 aromatic carbocycles. The lowest BCUT2D eigenvalue weighted by molar-refractivity contribution is -0.126. The topological polar surface area (TPSA) is 81.9 Å². The van der Waals surface area contributed by atoms with Crippen molar-refractivity contribution in [3.63, 3.8) is 0 Å². The third-order valence-corrected chi connectivity index (χ3v) is 4.61. The second kappa shape index (κ2) is 12.4. The molecule has 7 heteroatoms. The Kier molecular flexibility index (Phi) is 9.55. The lowest BCUT2D eigenvalue weighted by Crippen LogP contribution is -2.30. The molecular formula is C24H29FN2O4. The van der Waals surface area contributed by atoms with Crippen molar-refractivity contribution in [3.8, 4) is 11.5 Å². The van der Waals surface area contributed by atoms with E-state index in [2.05, 4.69) is 6.92 Å². The average molecular weight is 429 g/mol. The molecule has 2 aromatic rings. The van der Waals surface area contributed by atoms with Crippen LogP contribution in [0.4, 0.5) is 4.39 Å². The van der Waals surface area contributed by atoms with Crippen LogP contribution in [-0.2, 0) is 16.1 Å². The van der Waals surface area contributed by atoms with E-state index >= 15 is 0 Å². The maximum absolute atomic E-state index is 13.2. The molecule has 2 rings (SSSR count). The maximum Gasteiger partial charge on any atom is 0.255 e. The quantitative estimate of drug-likeness (QED) is 0.410. The number of unbranched alkanes of at least 4 members (excludes halogenated alkanes) is 2. The highest BCUT2D eigenvalue weighted by molar-refractivity contribution is 5.91. The van der Waals surface area contributed by atoms with E-state index < -0.39 is 5.91 Å². The Labute approximate surface area is 182 Å². The number of carbonyl (C=O) groups excluding carboxylic acids is 2. The van der Waals surface area contributed by atoms with Gasteiger partial charge in [0.1, 0.15) is 5.82 Å². The van der Waals surface area contributed by atoms with E-state index in [1.165, 1.54) is 25.3 Å². The Morgan fingerprint density at radius 3 is 2.48 bits per heavy atom. The molecule has 0 fully saturated rings. The number of hydrogen-bond donors (Lipinski definition) is 1. The van der Waals surface area contributed by atoms with Gasteiger partial charge in [-0.1, -0.05) is 38.0 Å². The van der Waals surface area contributed by atoms with Gasteiger partial charge < -0.3 is 20.1 Å². The van der Waals surface area contributed by atoms with Crippen LogP contribution >= 0.6 is 0 Å². The summed E-state index contributed by atoms with van der Waals surface area (Å²) in [4.78, 5) is 25.5. The van der Waals surface area contributed by atoms with E-state index in [9.17, 15) is 14.0 Å². The van der Waals surface area contributed by atoms with Crippen LogP contribution < -0.4 is 15.2 Å². The van der Waals surface area contributed by atoms with Crippen molar-refractivity contribution in [1.82, 2.24) is 4.90 Å². The zero-order valence-electron chi connectivity index (χ0n) is 18.0. The molecule has 0 saturated heterocycles. The molecule has 0 aliphatic rings. The van der Waals surface area contributed by atoms with Crippen LogP contribution in [0.5, 0.6) is 11.5 Å². The van der Waals surface area contributed by atoms with Crippen LogP contribution in [0.1, 0.15) is 37.3 Å². The molecule has 0 saturated carbocycles. The Hall–Kier alpha value is -3.35. The highest BCUT2D eigenvalue weighted by Gasteiger charge is 2.12. The smallest absolute Gasteiger partial charge is 0.255 e. The predicted molar refractivity (Wildman–Crippen MR) is 118 cm³/mol. The number of rotatable bonds is 12. The lowest BCUT2D eigenvalue weighted by atomic mass is 10.1. The number of primary amides is 1. The summed E-state index contributed by atoms with van der Waals surface area (Å²) in [5.41, 5.74) is 6.72. The fourth-order valence-electron chi connectivity index (χ4n) is 2.96. The molecule has 0 unspecified atom stereocenters. The molecule has 31 heavy (non-hydrogen) atoms. The van der Waals surface area contributed by atoms with Crippen molar-refractivity contribution >= 4 is 17.9 Å². The SMILES string of the molecule is CCCCCN(Cc1ccc(F)cc1)C(=O)C=Cc1ccc(OCC(N)=O)c(OC)c1. The molecule has 0 aliphatic carbocycles. The summed E-state index contributed by atoms with van der Waals surface area (Å²) >= 11 is 0. The first-order valence-corrected chi connectivity index (χ1v) is 10.2. The minimum Gasteiger partial charge on any atom is -0.493 e. The van der Waals surface area contributed by atoms with Crippen LogP contribution in [-0.4, -0.2) is 37.0 Å². The fraction of sp³-hybridized carbons (Fsp3) is 0.333. The molecule has 2 amide bonds. The van der Waals surface area contributed by atoms with Crippen LogP contribution in [0, 0.1) is 5.82 Å². The average Bonchev–Trinajstić information content (AvgIpc) is 2.77. The van der Waals surface area contributed by atoms with Crippen molar-refractivity contribution in [2.45, 2.75) is 32.7 Å². The summed E-state index contributed by atoms with van der Waals surface area (Å²) in [6.07, 6.45) is 6.19. The number of methoxy groups -OCH3 is 1. The maximum atomic E-state index is 13.2. The predicted octanol–water partition coefficient (Wildman–Crippen LogP) is 3.93. The minimum atomic E-state index is -0.582. The van der Waals surface area contributed by atoms with Gasteiger partial charge in [0, 0.05) is 19.2 Å². The number of carbonyl (C=O) groups is 2. The third kappa shape index (κ3) is 8.12. The number of hydrogen-bond acceptors (Lipinski definition) is 4. The van der Waals surface area contributed by atoms with Crippen LogP contribution in [0.2, 0.25) is 0 Å². The zero-order chi connectivity index (χ0) is 22.6. The van der Waals surface area contributed by atoms with E-state index in [1.807, 2.05) is 0 Å². The number of nitrogens with two attached hydrogens (primary N) is 1. The third-order valence-electron chi connectivity index (χ3n) is 4.61. The van der Waals surface area contributed by atoms with Gasteiger partial charge in [-0.3, -0.25) is 9.59 Å². The van der Waals surface area contributed by atoms with E-state index in [1.54, 1.807) is 41.3 Å². The molecule has 6 nitrogen and oxygen atoms in total. The lowest BCUT2D eigenvalue weighted by Gasteiger charge is -2.21. The Morgan fingerprint density at radius 2 is 1.84 bits per heavy atom. The van der Waals surface area contributed by atoms with Gasteiger partial charge in [-0.05, 0) is 47.9 Å². The molecule has 0 radical (unpaired) electrons. The molecule has 2 N–H and O–H groups in total. The Bertz CT molecular complexity index is 897. The van der Waals surface area contributed by atoms with Gasteiger partial charge in [0.15, 0.2) is 18.1 Å². The summed E-state index contributed by atoms with van der Waals surface area (Å²) in [5.74, 6) is -0.191. The molecule has 166 valence electrons. The normalized spacial score (nSPS) is 10.8. The van der Waals surface area contributed by atoms with Gasteiger partial charge in [0.05, 0.1) is 7.11 Å². The molecule has 0 atom stereocenters. The molecule has 0 aliphatic heterocycles. The summed E-state index contributed by atoms with van der Waals surface area (Å²) in [5, 5.41) is 0. The Balaban J connectivity index is 2.11. The number of halogens is 1. The second-order valence-electron chi connectivity index (χ2n) is 7.09. The number of nitrogens with zero attached hydrogens (tertiary/aromatic N) is 1. The summed E-state index contributed by atoms with van der Waals surface area (Å²) in [6, 6.07) is 11.3. The number of ether oxygens (including phenoxy) is 2. The van der Waals surface area contributed by atoms with Crippen molar-refractivity contribution in [3.05, 3.63) is 65.5 Å².